The van der Waals surface area contributed by atoms with Crippen LogP contribution in [0, 0.1) is 0 Å². The minimum Gasteiger partial charge on any atom is -0.314 e. The summed E-state index contributed by atoms with van der Waals surface area (Å²) in [6.07, 6.45) is 5.72. The van der Waals surface area contributed by atoms with Crippen LogP contribution >= 0.6 is 0 Å². The van der Waals surface area contributed by atoms with Crippen molar-refractivity contribution in [1.82, 2.24) is 0 Å². The number of para-hydroxylation sites is 1. The van der Waals surface area contributed by atoms with Crippen LogP contribution in [0.15, 0.2) is 212 Å². The van der Waals surface area contributed by atoms with E-state index in [0.29, 0.717) is 0 Å². The lowest BCUT2D eigenvalue weighted by atomic mass is 9.85. The van der Waals surface area contributed by atoms with E-state index in [1.807, 2.05) is 0 Å². The summed E-state index contributed by atoms with van der Waals surface area (Å²) in [5.74, 6) is 0.216. The molecule has 0 aliphatic heterocycles. The van der Waals surface area contributed by atoms with Crippen LogP contribution in [0.25, 0.3) is 39.0 Å². The molecular weight excluding hydrogens is 591 g/mol. The molecule has 1 atom stereocenters. The van der Waals surface area contributed by atoms with Crippen molar-refractivity contribution < 1.29 is 0 Å². The second kappa shape index (κ2) is 13.9. The molecule has 1 aliphatic carbocycles. The first-order valence-electron chi connectivity index (χ1n) is 17.0. The number of allylic oxidation sites excluding steroid dienone is 4. The molecule has 0 aromatic heterocycles. The maximum absolute atomic E-state index is 2.52. The Kier molecular flexibility index (Phi) is 8.56. The lowest BCUT2D eigenvalue weighted by molar-refractivity contribution is 0.798. The van der Waals surface area contributed by atoms with Crippen LogP contribution in [0.3, 0.4) is 0 Å². The first-order valence-corrected chi connectivity index (χ1v) is 17.0. The van der Waals surface area contributed by atoms with Gasteiger partial charge in [-0.3, -0.25) is 0 Å². The standard InChI is InChI=1S/C48H37N/c1-6-18-36(19-7-1)41-30-42(37-20-8-2-9-21-37)33-45(32-41)49(48-29-17-16-28-47(48)40-26-14-5-15-27-40)46-34-43(38-22-10-3-11-23-38)31-44(35-46)39-24-12-4-13-25-39/h1-34,44H,35H2. The van der Waals surface area contributed by atoms with E-state index in [9.17, 15) is 0 Å². The SMILES string of the molecule is C1=C(c2ccccc2)C=C(N(c2cc(-c3ccccc3)cc(-c3ccccc3)c2)c2ccccc2-c2ccccc2)CC1c1ccccc1. The Balaban J connectivity index is 1.39. The van der Waals surface area contributed by atoms with E-state index in [2.05, 4.69) is 211 Å². The molecule has 0 spiro atoms. The molecule has 0 radical (unpaired) electrons. The molecule has 234 valence electrons. The van der Waals surface area contributed by atoms with Crippen LogP contribution < -0.4 is 4.90 Å². The van der Waals surface area contributed by atoms with Gasteiger partial charge in [0.2, 0.25) is 0 Å². The van der Waals surface area contributed by atoms with Gasteiger partial charge >= 0.3 is 0 Å². The normalized spacial score (nSPS) is 14.1. The summed E-state index contributed by atoms with van der Waals surface area (Å²) < 4.78 is 0. The molecule has 0 saturated carbocycles. The molecule has 8 rings (SSSR count). The summed E-state index contributed by atoms with van der Waals surface area (Å²) in [7, 11) is 0. The maximum atomic E-state index is 2.52. The molecule has 0 heterocycles. The fourth-order valence-electron chi connectivity index (χ4n) is 6.99. The van der Waals surface area contributed by atoms with Gasteiger partial charge in [-0.25, -0.2) is 0 Å². The topological polar surface area (TPSA) is 3.24 Å². The average molecular weight is 628 g/mol. The fraction of sp³-hybridized carbons (Fsp3) is 0.0417. The second-order valence-electron chi connectivity index (χ2n) is 12.6. The Bertz CT molecular complexity index is 2160. The van der Waals surface area contributed by atoms with Gasteiger partial charge in [-0.2, -0.15) is 0 Å². The molecule has 0 amide bonds. The Labute approximate surface area is 289 Å². The van der Waals surface area contributed by atoms with E-state index in [4.69, 9.17) is 0 Å². The lowest BCUT2D eigenvalue weighted by Crippen LogP contribution is -2.21. The maximum Gasteiger partial charge on any atom is 0.0536 e. The van der Waals surface area contributed by atoms with Gasteiger partial charge in [0.1, 0.15) is 0 Å². The Hall–Kier alpha value is -6.18. The molecule has 0 fully saturated rings. The Morgan fingerprint density at radius 3 is 1.45 bits per heavy atom. The molecule has 49 heavy (non-hydrogen) atoms. The van der Waals surface area contributed by atoms with Crippen molar-refractivity contribution in [2.75, 3.05) is 4.90 Å². The molecule has 0 N–H and O–H groups in total. The third kappa shape index (κ3) is 6.52. The highest BCUT2D eigenvalue weighted by atomic mass is 15.2. The minimum absolute atomic E-state index is 0.216. The minimum atomic E-state index is 0.216. The largest absolute Gasteiger partial charge is 0.314 e. The molecule has 0 bridgehead atoms. The summed E-state index contributed by atoms with van der Waals surface area (Å²) in [6, 6.07) is 69.9. The van der Waals surface area contributed by atoms with E-state index >= 15 is 0 Å². The zero-order chi connectivity index (χ0) is 32.8. The predicted molar refractivity (Wildman–Crippen MR) is 208 cm³/mol. The smallest absolute Gasteiger partial charge is 0.0536 e. The number of rotatable bonds is 8. The molecular formula is C48H37N. The van der Waals surface area contributed by atoms with Crippen molar-refractivity contribution in [3.8, 4) is 33.4 Å². The van der Waals surface area contributed by atoms with Crippen LogP contribution in [0.1, 0.15) is 23.5 Å². The Morgan fingerprint density at radius 1 is 0.408 bits per heavy atom. The second-order valence-corrected chi connectivity index (χ2v) is 12.6. The van der Waals surface area contributed by atoms with Gasteiger partial charge in [-0.05, 0) is 81.3 Å². The van der Waals surface area contributed by atoms with Crippen molar-refractivity contribution in [1.29, 1.82) is 0 Å². The third-order valence-electron chi connectivity index (χ3n) is 9.37. The Morgan fingerprint density at radius 2 is 0.878 bits per heavy atom. The van der Waals surface area contributed by atoms with Crippen molar-refractivity contribution in [2.24, 2.45) is 0 Å². The third-order valence-corrected chi connectivity index (χ3v) is 9.37. The molecule has 0 saturated heterocycles. The molecule has 7 aromatic carbocycles. The van der Waals surface area contributed by atoms with Gasteiger partial charge < -0.3 is 4.90 Å². The summed E-state index contributed by atoms with van der Waals surface area (Å²) in [5, 5.41) is 0. The fourth-order valence-corrected chi connectivity index (χ4v) is 6.99. The van der Waals surface area contributed by atoms with Crippen LogP contribution in [0.4, 0.5) is 11.4 Å². The van der Waals surface area contributed by atoms with E-state index in [1.54, 1.807) is 0 Å². The first-order chi connectivity index (χ1) is 24.3. The van der Waals surface area contributed by atoms with Gasteiger partial charge in [0.25, 0.3) is 0 Å². The van der Waals surface area contributed by atoms with Crippen LogP contribution in [0.5, 0.6) is 0 Å². The molecule has 1 heteroatoms. The molecule has 1 aliphatic rings. The zero-order valence-corrected chi connectivity index (χ0v) is 27.4. The number of hydrogen-bond donors (Lipinski definition) is 0. The van der Waals surface area contributed by atoms with E-state index in [1.165, 1.54) is 55.8 Å². The highest BCUT2D eigenvalue weighted by Crippen LogP contribution is 2.45. The average Bonchev–Trinajstić information content (AvgIpc) is 3.20. The van der Waals surface area contributed by atoms with Crippen LogP contribution in [-0.2, 0) is 0 Å². The molecule has 7 aromatic rings. The van der Waals surface area contributed by atoms with Crippen molar-refractivity contribution in [3.05, 3.63) is 223 Å². The van der Waals surface area contributed by atoms with Crippen LogP contribution in [0.2, 0.25) is 0 Å². The summed E-state index contributed by atoms with van der Waals surface area (Å²) in [4.78, 5) is 2.52. The zero-order valence-electron chi connectivity index (χ0n) is 27.4. The predicted octanol–water partition coefficient (Wildman–Crippen LogP) is 13.0. The van der Waals surface area contributed by atoms with Gasteiger partial charge in [0, 0.05) is 22.9 Å². The summed E-state index contributed by atoms with van der Waals surface area (Å²) >= 11 is 0. The summed E-state index contributed by atoms with van der Waals surface area (Å²) in [5.41, 5.74) is 14.5. The number of hydrogen-bond acceptors (Lipinski definition) is 1. The van der Waals surface area contributed by atoms with Crippen molar-refractivity contribution in [3.63, 3.8) is 0 Å². The number of benzene rings is 7. The molecule has 1 nitrogen and oxygen atoms in total. The van der Waals surface area contributed by atoms with Crippen LogP contribution in [-0.4, -0.2) is 0 Å². The van der Waals surface area contributed by atoms with Gasteiger partial charge in [-0.15, -0.1) is 0 Å². The van der Waals surface area contributed by atoms with E-state index in [0.717, 1.165) is 17.8 Å². The quantitative estimate of drug-likeness (QED) is 0.162. The summed E-state index contributed by atoms with van der Waals surface area (Å²) in [6.45, 7) is 0. The van der Waals surface area contributed by atoms with Crippen molar-refractivity contribution in [2.45, 2.75) is 12.3 Å². The number of nitrogens with zero attached hydrogens (tertiary/aromatic N) is 1. The molecule has 1 unspecified atom stereocenters. The number of anilines is 2. The van der Waals surface area contributed by atoms with Gasteiger partial charge in [-0.1, -0.05) is 176 Å². The highest BCUT2D eigenvalue weighted by Gasteiger charge is 2.26. The van der Waals surface area contributed by atoms with Gasteiger partial charge in [0.05, 0.1) is 5.69 Å². The van der Waals surface area contributed by atoms with Gasteiger partial charge in [0.15, 0.2) is 0 Å². The lowest BCUT2D eigenvalue weighted by Gasteiger charge is -2.34. The van der Waals surface area contributed by atoms with E-state index < -0.39 is 0 Å². The monoisotopic (exact) mass is 627 g/mol. The highest BCUT2D eigenvalue weighted by molar-refractivity contribution is 5.89. The van der Waals surface area contributed by atoms with Crippen molar-refractivity contribution >= 4 is 16.9 Å². The van der Waals surface area contributed by atoms with E-state index in [-0.39, 0.29) is 5.92 Å². The first kappa shape index (κ1) is 30.2.